The molecular formula is C16H26N2O2. The standard InChI is InChI=1S/C16H26N2O2/c1-2-3-4-5-6-7-8-9-10-15-11-13-16(14-12-15)17-18(19)20/h11-14,17H,2-10H2,1H3. The number of hydrazine groups is 1. The predicted molar refractivity (Wildman–Crippen MR) is 83.4 cm³/mol. The molecule has 1 N–H and O–H groups in total. The zero-order valence-electron chi connectivity index (χ0n) is 12.4. The minimum atomic E-state index is -0.534. The van der Waals surface area contributed by atoms with Crippen LogP contribution in [0.3, 0.4) is 0 Å². The molecule has 4 heteroatoms. The van der Waals surface area contributed by atoms with E-state index in [4.69, 9.17) is 0 Å². The molecule has 0 aliphatic heterocycles. The molecule has 112 valence electrons. The summed E-state index contributed by atoms with van der Waals surface area (Å²) in [6, 6.07) is 7.46. The summed E-state index contributed by atoms with van der Waals surface area (Å²) in [5.41, 5.74) is 3.95. The number of hydrogen-bond acceptors (Lipinski definition) is 2. The number of rotatable bonds is 11. The zero-order valence-corrected chi connectivity index (χ0v) is 12.4. The lowest BCUT2D eigenvalue weighted by Crippen LogP contribution is -2.07. The van der Waals surface area contributed by atoms with Crippen molar-refractivity contribution in [1.82, 2.24) is 0 Å². The average molecular weight is 278 g/mol. The summed E-state index contributed by atoms with van der Waals surface area (Å²) in [6.45, 7) is 2.24. The number of benzene rings is 1. The van der Waals surface area contributed by atoms with Crippen LogP contribution < -0.4 is 5.43 Å². The van der Waals surface area contributed by atoms with Gasteiger partial charge in [-0.25, -0.2) is 10.1 Å². The van der Waals surface area contributed by atoms with Gasteiger partial charge in [0.1, 0.15) is 5.69 Å². The molecule has 0 aliphatic rings. The Kier molecular flexibility index (Phi) is 8.43. The van der Waals surface area contributed by atoms with Gasteiger partial charge in [0.15, 0.2) is 5.03 Å². The summed E-state index contributed by atoms with van der Waals surface area (Å²) in [4.78, 5) is 10.3. The summed E-state index contributed by atoms with van der Waals surface area (Å²) in [6.07, 6.45) is 11.6. The second-order valence-corrected chi connectivity index (χ2v) is 5.29. The molecule has 0 radical (unpaired) electrons. The fourth-order valence-electron chi connectivity index (χ4n) is 2.31. The van der Waals surface area contributed by atoms with Gasteiger partial charge in [-0.05, 0) is 30.5 Å². The van der Waals surface area contributed by atoms with Crippen molar-refractivity contribution in [3.63, 3.8) is 0 Å². The summed E-state index contributed by atoms with van der Waals surface area (Å²) in [5.74, 6) is 0. The molecule has 0 amide bonds. The van der Waals surface area contributed by atoms with Crippen LogP contribution in [-0.2, 0) is 6.42 Å². The fourth-order valence-corrected chi connectivity index (χ4v) is 2.31. The lowest BCUT2D eigenvalue weighted by Gasteiger charge is -2.03. The molecule has 0 aliphatic carbocycles. The molecule has 0 heterocycles. The van der Waals surface area contributed by atoms with Crippen LogP contribution in [0.25, 0.3) is 0 Å². The Labute approximate surface area is 121 Å². The van der Waals surface area contributed by atoms with E-state index in [1.807, 2.05) is 12.1 Å². The number of unbranched alkanes of at least 4 members (excludes halogenated alkanes) is 7. The van der Waals surface area contributed by atoms with E-state index in [9.17, 15) is 10.1 Å². The van der Waals surface area contributed by atoms with Gasteiger partial charge >= 0.3 is 0 Å². The van der Waals surface area contributed by atoms with Crippen molar-refractivity contribution in [2.45, 2.75) is 64.7 Å². The van der Waals surface area contributed by atoms with Crippen molar-refractivity contribution in [3.05, 3.63) is 39.9 Å². The van der Waals surface area contributed by atoms with Crippen LogP contribution in [-0.4, -0.2) is 5.03 Å². The zero-order chi connectivity index (χ0) is 14.6. The maximum atomic E-state index is 10.3. The largest absolute Gasteiger partial charge is 0.235 e. The van der Waals surface area contributed by atoms with Crippen LogP contribution in [0.4, 0.5) is 5.69 Å². The van der Waals surface area contributed by atoms with E-state index < -0.39 is 5.03 Å². The maximum Gasteiger partial charge on any atom is 0.162 e. The van der Waals surface area contributed by atoms with Crippen molar-refractivity contribution in [1.29, 1.82) is 0 Å². The highest BCUT2D eigenvalue weighted by Gasteiger charge is 1.99. The molecule has 0 atom stereocenters. The number of hydrogen-bond donors (Lipinski definition) is 1. The van der Waals surface area contributed by atoms with Gasteiger partial charge in [-0.3, -0.25) is 0 Å². The lowest BCUT2D eigenvalue weighted by molar-refractivity contribution is -0.445. The van der Waals surface area contributed by atoms with Gasteiger partial charge in [0.2, 0.25) is 0 Å². The number of aryl methyl sites for hydroxylation is 1. The third-order valence-electron chi connectivity index (χ3n) is 3.49. The van der Waals surface area contributed by atoms with Crippen LogP contribution in [0.2, 0.25) is 0 Å². The van der Waals surface area contributed by atoms with Crippen molar-refractivity contribution < 1.29 is 5.03 Å². The molecule has 4 nitrogen and oxygen atoms in total. The number of anilines is 1. The molecule has 20 heavy (non-hydrogen) atoms. The highest BCUT2D eigenvalue weighted by Crippen LogP contribution is 2.13. The van der Waals surface area contributed by atoms with Crippen LogP contribution in [0.1, 0.15) is 63.9 Å². The molecule has 1 rings (SSSR count). The molecule has 0 bridgehead atoms. The van der Waals surface area contributed by atoms with Gasteiger partial charge < -0.3 is 0 Å². The normalized spacial score (nSPS) is 10.4. The smallest absolute Gasteiger partial charge is 0.162 e. The Morgan fingerprint density at radius 3 is 2.05 bits per heavy atom. The van der Waals surface area contributed by atoms with E-state index in [1.165, 1.54) is 56.9 Å². The Morgan fingerprint density at radius 1 is 0.950 bits per heavy atom. The number of nitrogens with one attached hydrogen (secondary N) is 1. The topological polar surface area (TPSA) is 55.2 Å². The highest BCUT2D eigenvalue weighted by atomic mass is 16.7. The van der Waals surface area contributed by atoms with E-state index >= 15 is 0 Å². The van der Waals surface area contributed by atoms with Crippen molar-refractivity contribution in [2.24, 2.45) is 0 Å². The first kappa shape index (κ1) is 16.5. The Morgan fingerprint density at radius 2 is 1.50 bits per heavy atom. The van der Waals surface area contributed by atoms with Crippen molar-refractivity contribution in [3.8, 4) is 0 Å². The van der Waals surface area contributed by atoms with Gasteiger partial charge in [-0.1, -0.05) is 64.0 Å². The van der Waals surface area contributed by atoms with Gasteiger partial charge in [0, 0.05) is 0 Å². The molecule has 0 fully saturated rings. The van der Waals surface area contributed by atoms with E-state index in [2.05, 4.69) is 12.3 Å². The lowest BCUT2D eigenvalue weighted by atomic mass is 10.0. The Bertz CT molecular complexity index is 377. The second-order valence-electron chi connectivity index (χ2n) is 5.29. The predicted octanol–water partition coefficient (Wildman–Crippen LogP) is 4.97. The summed E-state index contributed by atoms with van der Waals surface area (Å²) < 4.78 is 0. The molecule has 0 spiro atoms. The fraction of sp³-hybridized carbons (Fsp3) is 0.625. The van der Waals surface area contributed by atoms with Crippen LogP contribution in [0, 0.1) is 10.1 Å². The summed E-state index contributed by atoms with van der Waals surface area (Å²) >= 11 is 0. The minimum Gasteiger partial charge on any atom is -0.235 e. The van der Waals surface area contributed by atoms with Gasteiger partial charge in [-0.15, -0.1) is 5.43 Å². The molecular weight excluding hydrogens is 252 g/mol. The molecule has 0 unspecified atom stereocenters. The first-order valence-electron chi connectivity index (χ1n) is 7.72. The van der Waals surface area contributed by atoms with E-state index in [0.717, 1.165) is 6.42 Å². The maximum absolute atomic E-state index is 10.3. The minimum absolute atomic E-state index is 0.534. The monoisotopic (exact) mass is 278 g/mol. The average Bonchev–Trinajstić information content (AvgIpc) is 2.43. The van der Waals surface area contributed by atoms with Gasteiger partial charge in [0.05, 0.1) is 0 Å². The number of nitro groups is 1. The number of nitrogens with zero attached hydrogens (tertiary/aromatic N) is 1. The van der Waals surface area contributed by atoms with E-state index in [1.54, 1.807) is 12.1 Å². The Balaban J connectivity index is 2.08. The first-order chi connectivity index (χ1) is 9.72. The van der Waals surface area contributed by atoms with Crippen molar-refractivity contribution in [2.75, 3.05) is 5.43 Å². The summed E-state index contributed by atoms with van der Waals surface area (Å²) in [7, 11) is 0. The molecule has 1 aromatic carbocycles. The highest BCUT2D eigenvalue weighted by molar-refractivity contribution is 5.42. The third kappa shape index (κ3) is 7.77. The SMILES string of the molecule is CCCCCCCCCCc1ccc(N[N+](=O)[O-])cc1. The first-order valence-corrected chi connectivity index (χ1v) is 7.72. The second kappa shape index (κ2) is 10.2. The summed E-state index contributed by atoms with van der Waals surface area (Å²) in [5, 5.41) is 9.75. The van der Waals surface area contributed by atoms with Gasteiger partial charge in [-0.2, -0.15) is 0 Å². The van der Waals surface area contributed by atoms with Crippen LogP contribution in [0.5, 0.6) is 0 Å². The third-order valence-corrected chi connectivity index (χ3v) is 3.49. The van der Waals surface area contributed by atoms with E-state index in [0.29, 0.717) is 5.69 Å². The molecule has 0 saturated carbocycles. The molecule has 0 aromatic heterocycles. The van der Waals surface area contributed by atoms with Crippen LogP contribution in [0.15, 0.2) is 24.3 Å². The molecule has 0 saturated heterocycles. The quantitative estimate of drug-likeness (QED) is 0.353. The van der Waals surface area contributed by atoms with Crippen molar-refractivity contribution >= 4 is 5.69 Å². The molecule has 1 aromatic rings. The van der Waals surface area contributed by atoms with Gasteiger partial charge in [0.25, 0.3) is 0 Å². The van der Waals surface area contributed by atoms with E-state index in [-0.39, 0.29) is 0 Å². The van der Waals surface area contributed by atoms with Crippen LogP contribution >= 0.6 is 0 Å². The Hall–Kier alpha value is -1.58.